The summed E-state index contributed by atoms with van der Waals surface area (Å²) in [6.45, 7) is 4.57. The molecule has 1 amide bonds. The molecular formula is C15H19NO. The predicted molar refractivity (Wildman–Crippen MR) is 67.8 cm³/mol. The average molecular weight is 229 g/mol. The van der Waals surface area contributed by atoms with Crippen molar-refractivity contribution >= 4 is 5.91 Å². The molecule has 0 saturated heterocycles. The maximum absolute atomic E-state index is 12.0. The molecule has 2 aliphatic rings. The molecule has 0 unspecified atom stereocenters. The predicted octanol–water partition coefficient (Wildman–Crippen LogP) is 3.08. The minimum Gasteiger partial charge on any atom is -0.342 e. The van der Waals surface area contributed by atoms with Crippen molar-refractivity contribution in [1.29, 1.82) is 0 Å². The average Bonchev–Trinajstić information content (AvgIpc) is 2.85. The van der Waals surface area contributed by atoms with E-state index in [9.17, 15) is 4.79 Å². The second kappa shape index (κ2) is 3.59. The third-order valence-electron chi connectivity index (χ3n) is 4.54. The smallest absolute Gasteiger partial charge is 0.252 e. The van der Waals surface area contributed by atoms with Crippen LogP contribution in [0.25, 0.3) is 0 Å². The Hall–Kier alpha value is -1.31. The lowest BCUT2D eigenvalue weighted by atomic mass is 9.86. The van der Waals surface area contributed by atoms with E-state index >= 15 is 0 Å². The maximum atomic E-state index is 12.0. The number of fused-ring (bicyclic) bond motifs is 2. The van der Waals surface area contributed by atoms with Crippen LogP contribution in [0, 0.1) is 11.8 Å². The van der Waals surface area contributed by atoms with Crippen molar-refractivity contribution in [2.75, 3.05) is 0 Å². The lowest BCUT2D eigenvalue weighted by molar-refractivity contribution is 0.0928. The van der Waals surface area contributed by atoms with Gasteiger partial charge in [0.1, 0.15) is 0 Å². The summed E-state index contributed by atoms with van der Waals surface area (Å²) in [4.78, 5) is 12.0. The van der Waals surface area contributed by atoms with E-state index in [2.05, 4.69) is 25.2 Å². The number of nitrogens with one attached hydrogen (secondary N) is 1. The van der Waals surface area contributed by atoms with Gasteiger partial charge in [0.25, 0.3) is 5.91 Å². The summed E-state index contributed by atoms with van der Waals surface area (Å²) in [5.74, 6) is 1.56. The molecule has 1 heterocycles. The minimum atomic E-state index is -0.0530. The summed E-state index contributed by atoms with van der Waals surface area (Å²) in [5.41, 5.74) is 2.06. The number of carbonyl (C=O) groups excluding carboxylic acids is 1. The first-order valence-electron chi connectivity index (χ1n) is 6.54. The fraction of sp³-hybridized carbons (Fsp3) is 0.533. The second-order valence-corrected chi connectivity index (χ2v) is 5.83. The van der Waals surface area contributed by atoms with Gasteiger partial charge in [0.05, 0.1) is 5.54 Å². The molecule has 2 nitrogen and oxygen atoms in total. The van der Waals surface area contributed by atoms with E-state index in [1.807, 2.05) is 18.2 Å². The van der Waals surface area contributed by atoms with Crippen molar-refractivity contribution in [3.63, 3.8) is 0 Å². The van der Waals surface area contributed by atoms with Gasteiger partial charge >= 0.3 is 0 Å². The van der Waals surface area contributed by atoms with Crippen LogP contribution in [-0.4, -0.2) is 5.91 Å². The molecule has 0 aromatic heterocycles. The molecule has 17 heavy (non-hydrogen) atoms. The zero-order chi connectivity index (χ0) is 12.0. The van der Waals surface area contributed by atoms with Gasteiger partial charge < -0.3 is 5.32 Å². The van der Waals surface area contributed by atoms with E-state index in [1.54, 1.807) is 0 Å². The van der Waals surface area contributed by atoms with E-state index in [4.69, 9.17) is 0 Å². The molecular weight excluding hydrogens is 210 g/mol. The van der Waals surface area contributed by atoms with Gasteiger partial charge in [0.2, 0.25) is 0 Å². The van der Waals surface area contributed by atoms with Crippen LogP contribution in [0.15, 0.2) is 24.3 Å². The summed E-state index contributed by atoms with van der Waals surface area (Å²) in [6.07, 6.45) is 3.43. The van der Waals surface area contributed by atoms with Crippen molar-refractivity contribution < 1.29 is 4.79 Å². The summed E-state index contributed by atoms with van der Waals surface area (Å²) >= 11 is 0. The van der Waals surface area contributed by atoms with Crippen molar-refractivity contribution in [2.45, 2.75) is 38.6 Å². The standard InChI is InChI=1S/C15H19NO/c1-10(2)11-7-8-15(9-11)13-6-4-3-5-12(13)14(17)16-15/h3-6,10-11H,7-9H2,1-2H3,(H,16,17)/t11-,15+/m0/s1. The van der Waals surface area contributed by atoms with Crippen LogP contribution in [0.5, 0.6) is 0 Å². The zero-order valence-electron chi connectivity index (χ0n) is 10.5. The first-order valence-corrected chi connectivity index (χ1v) is 6.54. The number of rotatable bonds is 1. The Labute approximate surface area is 102 Å². The van der Waals surface area contributed by atoms with Gasteiger partial charge in [-0.2, -0.15) is 0 Å². The lowest BCUT2D eigenvalue weighted by Crippen LogP contribution is -2.37. The number of benzene rings is 1. The molecule has 1 aromatic rings. The van der Waals surface area contributed by atoms with Gasteiger partial charge in [-0.25, -0.2) is 0 Å². The Bertz CT molecular complexity index is 466. The van der Waals surface area contributed by atoms with Crippen LogP contribution < -0.4 is 5.32 Å². The topological polar surface area (TPSA) is 29.1 Å². The van der Waals surface area contributed by atoms with Gasteiger partial charge in [-0.1, -0.05) is 32.0 Å². The van der Waals surface area contributed by atoms with E-state index in [1.165, 1.54) is 12.0 Å². The Morgan fingerprint density at radius 1 is 1.35 bits per heavy atom. The summed E-state index contributed by atoms with van der Waals surface area (Å²) in [6, 6.07) is 8.06. The molecule has 1 aliphatic carbocycles. The third-order valence-corrected chi connectivity index (χ3v) is 4.54. The Morgan fingerprint density at radius 2 is 2.12 bits per heavy atom. The number of amides is 1. The molecule has 1 aliphatic heterocycles. The number of hydrogen-bond acceptors (Lipinski definition) is 1. The largest absolute Gasteiger partial charge is 0.342 e. The monoisotopic (exact) mass is 229 g/mol. The van der Waals surface area contributed by atoms with E-state index < -0.39 is 0 Å². The highest BCUT2D eigenvalue weighted by atomic mass is 16.2. The molecule has 1 aromatic carbocycles. The Balaban J connectivity index is 1.99. The molecule has 1 fully saturated rings. The third kappa shape index (κ3) is 1.50. The highest BCUT2D eigenvalue weighted by Gasteiger charge is 2.47. The second-order valence-electron chi connectivity index (χ2n) is 5.83. The van der Waals surface area contributed by atoms with Crippen LogP contribution in [0.1, 0.15) is 49.0 Å². The van der Waals surface area contributed by atoms with Crippen molar-refractivity contribution in [2.24, 2.45) is 11.8 Å². The van der Waals surface area contributed by atoms with Crippen LogP contribution >= 0.6 is 0 Å². The molecule has 1 N–H and O–H groups in total. The molecule has 2 atom stereocenters. The number of hydrogen-bond donors (Lipinski definition) is 1. The summed E-state index contributed by atoms with van der Waals surface area (Å²) in [7, 11) is 0. The van der Waals surface area contributed by atoms with Gasteiger partial charge in [0.15, 0.2) is 0 Å². The van der Waals surface area contributed by atoms with Crippen LogP contribution in [-0.2, 0) is 5.54 Å². The maximum Gasteiger partial charge on any atom is 0.252 e. The molecule has 1 saturated carbocycles. The fourth-order valence-corrected chi connectivity index (χ4v) is 3.46. The summed E-state index contributed by atoms with van der Waals surface area (Å²) in [5, 5.41) is 3.24. The van der Waals surface area contributed by atoms with Crippen LogP contribution in [0.3, 0.4) is 0 Å². The molecule has 3 rings (SSSR count). The SMILES string of the molecule is CC(C)[C@H]1CC[C@]2(C1)NC(=O)c1ccccc12. The van der Waals surface area contributed by atoms with Crippen molar-refractivity contribution in [3.8, 4) is 0 Å². The Kier molecular flexibility index (Phi) is 2.29. The van der Waals surface area contributed by atoms with Crippen molar-refractivity contribution in [3.05, 3.63) is 35.4 Å². The minimum absolute atomic E-state index is 0.0530. The van der Waals surface area contributed by atoms with Gasteiger partial charge in [0, 0.05) is 5.56 Å². The Morgan fingerprint density at radius 3 is 2.82 bits per heavy atom. The van der Waals surface area contributed by atoms with Crippen LogP contribution in [0.2, 0.25) is 0 Å². The molecule has 2 heteroatoms. The first kappa shape index (κ1) is 10.8. The summed E-state index contributed by atoms with van der Waals surface area (Å²) < 4.78 is 0. The molecule has 0 bridgehead atoms. The molecule has 90 valence electrons. The lowest BCUT2D eigenvalue weighted by Gasteiger charge is -2.26. The zero-order valence-corrected chi connectivity index (χ0v) is 10.5. The van der Waals surface area contributed by atoms with Crippen LogP contribution in [0.4, 0.5) is 0 Å². The fourth-order valence-electron chi connectivity index (χ4n) is 3.46. The van der Waals surface area contributed by atoms with E-state index in [0.717, 1.165) is 24.3 Å². The highest BCUT2D eigenvalue weighted by Crippen LogP contribution is 2.48. The number of carbonyl (C=O) groups is 1. The molecule has 0 radical (unpaired) electrons. The highest BCUT2D eigenvalue weighted by molar-refractivity contribution is 6.00. The van der Waals surface area contributed by atoms with Gasteiger partial charge in [-0.3, -0.25) is 4.79 Å². The molecule has 1 spiro atoms. The quantitative estimate of drug-likeness (QED) is 0.787. The normalized spacial score (nSPS) is 31.0. The van der Waals surface area contributed by atoms with Gasteiger partial charge in [-0.05, 0) is 42.7 Å². The first-order chi connectivity index (χ1) is 8.12. The van der Waals surface area contributed by atoms with Crippen molar-refractivity contribution in [1.82, 2.24) is 5.32 Å². The van der Waals surface area contributed by atoms with E-state index in [-0.39, 0.29) is 11.4 Å². The van der Waals surface area contributed by atoms with E-state index in [0.29, 0.717) is 5.92 Å². The van der Waals surface area contributed by atoms with Gasteiger partial charge in [-0.15, -0.1) is 0 Å².